The summed E-state index contributed by atoms with van der Waals surface area (Å²) in [5.74, 6) is 0. The molecule has 3 rings (SSSR count). The molecule has 1 N–H and O–H groups in total. The molecule has 0 saturated heterocycles. The van der Waals surface area contributed by atoms with E-state index >= 15 is 0 Å². The molecule has 0 aromatic carbocycles. The van der Waals surface area contributed by atoms with Crippen molar-refractivity contribution in [1.82, 2.24) is 10.3 Å². The topological polar surface area (TPSA) is 38.1 Å². The molecule has 3 heterocycles. The van der Waals surface area contributed by atoms with Gasteiger partial charge in [0, 0.05) is 12.2 Å². The van der Waals surface area contributed by atoms with Crippen molar-refractivity contribution < 1.29 is 4.42 Å². The van der Waals surface area contributed by atoms with E-state index in [0.717, 1.165) is 24.9 Å². The maximum absolute atomic E-state index is 5.17. The molecule has 0 spiro atoms. The van der Waals surface area contributed by atoms with Gasteiger partial charge in [-0.15, -0.1) is 11.3 Å². The number of hydrogen-bond acceptors (Lipinski definition) is 4. The van der Waals surface area contributed by atoms with Crippen molar-refractivity contribution in [3.8, 4) is 0 Å². The summed E-state index contributed by atoms with van der Waals surface area (Å²) in [5, 5.41) is 5.69. The van der Waals surface area contributed by atoms with Crippen LogP contribution in [0.5, 0.6) is 0 Å². The minimum Gasteiger partial charge on any atom is -0.472 e. The summed E-state index contributed by atoms with van der Waals surface area (Å²) in [7, 11) is 0. The average Bonchev–Trinajstić information content (AvgIpc) is 3.13. The number of nitrogens with zero attached hydrogens (tertiary/aromatic N) is 1. The molecule has 3 aromatic heterocycles. The molecule has 0 saturated carbocycles. The van der Waals surface area contributed by atoms with Crippen LogP contribution in [0.1, 0.15) is 30.5 Å². The molecule has 20 heavy (non-hydrogen) atoms. The maximum Gasteiger partial charge on any atom is 0.0935 e. The van der Waals surface area contributed by atoms with Gasteiger partial charge in [0.2, 0.25) is 0 Å². The van der Waals surface area contributed by atoms with E-state index in [2.05, 4.69) is 34.7 Å². The number of aromatic nitrogens is 1. The summed E-state index contributed by atoms with van der Waals surface area (Å²) in [6, 6.07) is 6.62. The molecule has 0 fully saturated rings. The highest BCUT2D eigenvalue weighted by Gasteiger charge is 2.13. The number of rotatable bonds is 6. The van der Waals surface area contributed by atoms with Crippen LogP contribution in [0.4, 0.5) is 0 Å². The zero-order valence-corrected chi connectivity index (χ0v) is 12.3. The Balaban J connectivity index is 1.86. The monoisotopic (exact) mass is 286 g/mol. The van der Waals surface area contributed by atoms with Gasteiger partial charge in [-0.1, -0.05) is 6.92 Å². The Kier molecular flexibility index (Phi) is 4.14. The zero-order chi connectivity index (χ0) is 13.8. The largest absolute Gasteiger partial charge is 0.472 e. The third kappa shape index (κ3) is 2.92. The van der Waals surface area contributed by atoms with Crippen LogP contribution in [0.2, 0.25) is 0 Å². The van der Waals surface area contributed by atoms with Crippen LogP contribution in [0, 0.1) is 0 Å². The van der Waals surface area contributed by atoms with E-state index in [1.165, 1.54) is 15.8 Å². The summed E-state index contributed by atoms with van der Waals surface area (Å²) in [6.07, 6.45) is 7.58. The number of hydrogen-bond donors (Lipinski definition) is 1. The van der Waals surface area contributed by atoms with E-state index in [1.54, 1.807) is 17.6 Å². The van der Waals surface area contributed by atoms with Gasteiger partial charge in [-0.3, -0.25) is 4.98 Å². The minimum atomic E-state index is 0.284. The lowest BCUT2D eigenvalue weighted by Crippen LogP contribution is -2.24. The lowest BCUT2D eigenvalue weighted by atomic mass is 10.0. The number of nitrogens with one attached hydrogen (secondary N) is 1. The standard InChI is InChI=1S/C16H18N2OS/c1-2-5-17-15(8-12-3-6-19-11-12)13-9-16-14(18-10-13)4-7-20-16/h3-4,6-7,9-11,15,17H,2,5,8H2,1H3. The highest BCUT2D eigenvalue weighted by Crippen LogP contribution is 2.25. The third-order valence-corrected chi connectivity index (χ3v) is 4.24. The van der Waals surface area contributed by atoms with Crippen LogP contribution in [0.25, 0.3) is 10.2 Å². The van der Waals surface area contributed by atoms with Crippen molar-refractivity contribution in [2.75, 3.05) is 6.54 Å². The van der Waals surface area contributed by atoms with E-state index in [1.807, 2.05) is 18.5 Å². The third-order valence-electron chi connectivity index (χ3n) is 3.39. The Bertz CT molecular complexity index is 660. The summed E-state index contributed by atoms with van der Waals surface area (Å²) in [6.45, 7) is 3.19. The molecule has 0 aliphatic heterocycles. The van der Waals surface area contributed by atoms with Crippen molar-refractivity contribution in [3.05, 3.63) is 53.4 Å². The van der Waals surface area contributed by atoms with Gasteiger partial charge in [0.05, 0.1) is 22.7 Å². The number of furan rings is 1. The Morgan fingerprint density at radius 2 is 2.35 bits per heavy atom. The Hall–Kier alpha value is -1.65. The molecule has 0 bridgehead atoms. The average molecular weight is 286 g/mol. The molecular formula is C16H18N2OS. The first-order valence-corrected chi connectivity index (χ1v) is 7.82. The van der Waals surface area contributed by atoms with E-state index in [4.69, 9.17) is 4.42 Å². The van der Waals surface area contributed by atoms with E-state index < -0.39 is 0 Å². The number of pyridine rings is 1. The summed E-state index contributed by atoms with van der Waals surface area (Å²) in [4.78, 5) is 4.55. The zero-order valence-electron chi connectivity index (χ0n) is 11.5. The van der Waals surface area contributed by atoms with Crippen molar-refractivity contribution in [1.29, 1.82) is 0 Å². The number of thiophene rings is 1. The van der Waals surface area contributed by atoms with Gasteiger partial charge in [0.1, 0.15) is 0 Å². The van der Waals surface area contributed by atoms with E-state index in [9.17, 15) is 0 Å². The van der Waals surface area contributed by atoms with Crippen molar-refractivity contribution in [2.24, 2.45) is 0 Å². The molecule has 0 amide bonds. The van der Waals surface area contributed by atoms with Crippen LogP contribution in [-0.4, -0.2) is 11.5 Å². The van der Waals surface area contributed by atoms with Crippen molar-refractivity contribution in [3.63, 3.8) is 0 Å². The van der Waals surface area contributed by atoms with Gasteiger partial charge < -0.3 is 9.73 Å². The molecular weight excluding hydrogens is 268 g/mol. The normalized spacial score (nSPS) is 12.8. The van der Waals surface area contributed by atoms with Gasteiger partial charge in [-0.2, -0.15) is 0 Å². The lowest BCUT2D eigenvalue weighted by Gasteiger charge is -2.18. The minimum absolute atomic E-state index is 0.284. The smallest absolute Gasteiger partial charge is 0.0935 e. The fraction of sp³-hybridized carbons (Fsp3) is 0.312. The maximum atomic E-state index is 5.17. The van der Waals surface area contributed by atoms with Crippen LogP contribution < -0.4 is 5.32 Å². The van der Waals surface area contributed by atoms with E-state index in [-0.39, 0.29) is 6.04 Å². The fourth-order valence-electron chi connectivity index (χ4n) is 2.32. The lowest BCUT2D eigenvalue weighted by molar-refractivity contribution is 0.520. The second kappa shape index (κ2) is 6.20. The Morgan fingerprint density at radius 3 is 3.15 bits per heavy atom. The second-order valence-electron chi connectivity index (χ2n) is 4.92. The summed E-state index contributed by atoms with van der Waals surface area (Å²) < 4.78 is 6.42. The first kappa shape index (κ1) is 13.3. The SMILES string of the molecule is CCCNC(Cc1ccoc1)c1cnc2ccsc2c1. The van der Waals surface area contributed by atoms with Gasteiger partial charge in [0.15, 0.2) is 0 Å². The quantitative estimate of drug-likeness (QED) is 0.739. The highest BCUT2D eigenvalue weighted by atomic mass is 32.1. The molecule has 0 radical (unpaired) electrons. The first-order chi connectivity index (χ1) is 9.86. The van der Waals surface area contributed by atoms with Crippen LogP contribution in [-0.2, 0) is 6.42 Å². The number of fused-ring (bicyclic) bond motifs is 1. The molecule has 1 unspecified atom stereocenters. The van der Waals surface area contributed by atoms with Crippen LogP contribution >= 0.6 is 11.3 Å². The van der Waals surface area contributed by atoms with Crippen molar-refractivity contribution in [2.45, 2.75) is 25.8 Å². The van der Waals surface area contributed by atoms with Crippen LogP contribution in [0.15, 0.2) is 46.7 Å². The Morgan fingerprint density at radius 1 is 1.40 bits per heavy atom. The molecule has 3 nitrogen and oxygen atoms in total. The molecule has 1 atom stereocenters. The predicted molar refractivity (Wildman–Crippen MR) is 83.1 cm³/mol. The predicted octanol–water partition coefficient (Wildman–Crippen LogP) is 4.17. The van der Waals surface area contributed by atoms with Gasteiger partial charge >= 0.3 is 0 Å². The van der Waals surface area contributed by atoms with Gasteiger partial charge in [-0.05, 0) is 54.1 Å². The molecule has 0 aliphatic carbocycles. The van der Waals surface area contributed by atoms with E-state index in [0.29, 0.717) is 0 Å². The molecule has 0 aliphatic rings. The first-order valence-electron chi connectivity index (χ1n) is 6.94. The van der Waals surface area contributed by atoms with Crippen molar-refractivity contribution >= 4 is 21.6 Å². The summed E-state index contributed by atoms with van der Waals surface area (Å²) >= 11 is 1.74. The fourth-order valence-corrected chi connectivity index (χ4v) is 3.11. The summed E-state index contributed by atoms with van der Waals surface area (Å²) in [5.41, 5.74) is 3.54. The highest BCUT2D eigenvalue weighted by molar-refractivity contribution is 7.17. The van der Waals surface area contributed by atoms with Crippen LogP contribution in [0.3, 0.4) is 0 Å². The molecule has 104 valence electrons. The molecule has 4 heteroatoms. The van der Waals surface area contributed by atoms with Gasteiger partial charge in [0.25, 0.3) is 0 Å². The second-order valence-corrected chi connectivity index (χ2v) is 5.86. The molecule has 3 aromatic rings. The Labute approximate surface area is 122 Å². The van der Waals surface area contributed by atoms with Gasteiger partial charge in [-0.25, -0.2) is 0 Å².